The van der Waals surface area contributed by atoms with Gasteiger partial charge >= 0.3 is 0 Å². The van der Waals surface area contributed by atoms with E-state index in [0.717, 1.165) is 42.0 Å². The normalized spacial score (nSPS) is 21.5. The maximum Gasteiger partial charge on any atom is 0.272 e. The molecule has 2 unspecified atom stereocenters. The van der Waals surface area contributed by atoms with Crippen LogP contribution in [0.4, 0.5) is 0 Å². The molecular formula is C24H26Cl3N3OS. The van der Waals surface area contributed by atoms with Gasteiger partial charge in [-0.1, -0.05) is 61.5 Å². The van der Waals surface area contributed by atoms with Crippen LogP contribution in [0.2, 0.25) is 10.0 Å². The zero-order valence-corrected chi connectivity index (χ0v) is 21.2. The first kappa shape index (κ1) is 23.7. The van der Waals surface area contributed by atoms with Gasteiger partial charge in [0.25, 0.3) is 5.91 Å². The largest absolute Gasteiger partial charge is 0.348 e. The number of benzene rings is 1. The fourth-order valence-electron chi connectivity index (χ4n) is 4.27. The average molecular weight is 511 g/mol. The maximum absolute atomic E-state index is 13.3. The molecule has 2 aliphatic rings. The SMILES string of the molecule is CSc1c(C(=O)NC2CCCCC2)nc(-c2ccc(Cl)cc2Cl)n1C1=CC(C)C(Cl)C=C1. The first-order chi connectivity index (χ1) is 15.4. The Kier molecular flexibility index (Phi) is 7.61. The lowest BCUT2D eigenvalue weighted by Crippen LogP contribution is -2.36. The first-order valence-electron chi connectivity index (χ1n) is 10.9. The van der Waals surface area contributed by atoms with E-state index in [0.29, 0.717) is 21.6 Å². The zero-order chi connectivity index (χ0) is 22.8. The molecule has 0 spiro atoms. The summed E-state index contributed by atoms with van der Waals surface area (Å²) in [5.74, 6) is 0.609. The minimum Gasteiger partial charge on any atom is -0.348 e. The molecule has 1 amide bonds. The van der Waals surface area contributed by atoms with E-state index in [-0.39, 0.29) is 23.2 Å². The maximum atomic E-state index is 13.3. The number of aromatic nitrogens is 2. The molecule has 0 aliphatic heterocycles. The second-order valence-electron chi connectivity index (χ2n) is 8.32. The molecule has 1 aromatic heterocycles. The van der Waals surface area contributed by atoms with E-state index < -0.39 is 0 Å². The third-order valence-electron chi connectivity index (χ3n) is 6.00. The zero-order valence-electron chi connectivity index (χ0n) is 18.1. The summed E-state index contributed by atoms with van der Waals surface area (Å²) >= 11 is 20.6. The van der Waals surface area contributed by atoms with Gasteiger partial charge in [-0.05, 0) is 49.3 Å². The monoisotopic (exact) mass is 509 g/mol. The number of allylic oxidation sites excluding steroid dienone is 4. The van der Waals surface area contributed by atoms with Crippen LogP contribution in [0.15, 0.2) is 41.5 Å². The van der Waals surface area contributed by atoms with Crippen molar-refractivity contribution in [1.82, 2.24) is 14.9 Å². The van der Waals surface area contributed by atoms with Crippen LogP contribution < -0.4 is 5.32 Å². The lowest BCUT2D eigenvalue weighted by Gasteiger charge is -2.22. The van der Waals surface area contributed by atoms with Crippen molar-refractivity contribution < 1.29 is 4.79 Å². The predicted molar refractivity (Wildman–Crippen MR) is 136 cm³/mol. The second-order valence-corrected chi connectivity index (χ2v) is 10.5. The smallest absolute Gasteiger partial charge is 0.272 e. The van der Waals surface area contributed by atoms with Gasteiger partial charge in [0, 0.05) is 22.3 Å². The number of amides is 1. The summed E-state index contributed by atoms with van der Waals surface area (Å²) in [5.41, 5.74) is 2.06. The molecule has 0 saturated heterocycles. The number of nitrogens with one attached hydrogen (secondary N) is 1. The number of rotatable bonds is 5. The van der Waals surface area contributed by atoms with Gasteiger partial charge < -0.3 is 5.32 Å². The fourth-order valence-corrected chi connectivity index (χ4v) is 5.61. The van der Waals surface area contributed by atoms with E-state index in [1.165, 1.54) is 18.2 Å². The summed E-state index contributed by atoms with van der Waals surface area (Å²) < 4.78 is 2.01. The van der Waals surface area contributed by atoms with E-state index in [1.54, 1.807) is 12.1 Å². The Morgan fingerprint density at radius 2 is 1.97 bits per heavy atom. The van der Waals surface area contributed by atoms with Crippen molar-refractivity contribution in [1.29, 1.82) is 0 Å². The molecule has 2 atom stereocenters. The molecule has 170 valence electrons. The van der Waals surface area contributed by atoms with Crippen LogP contribution in [-0.2, 0) is 0 Å². The average Bonchev–Trinajstić information content (AvgIpc) is 3.16. The Bertz CT molecular complexity index is 1070. The molecule has 1 heterocycles. The van der Waals surface area contributed by atoms with Crippen molar-refractivity contribution in [3.8, 4) is 11.4 Å². The number of carbonyl (C=O) groups is 1. The third kappa shape index (κ3) is 4.91. The van der Waals surface area contributed by atoms with Gasteiger partial charge in [-0.25, -0.2) is 4.98 Å². The molecule has 2 aromatic rings. The van der Waals surface area contributed by atoms with Gasteiger partial charge in [0.15, 0.2) is 5.69 Å². The number of carbonyl (C=O) groups excluding carboxylic acids is 1. The van der Waals surface area contributed by atoms with E-state index in [9.17, 15) is 4.79 Å². The molecule has 1 fully saturated rings. The molecule has 32 heavy (non-hydrogen) atoms. The van der Waals surface area contributed by atoms with Crippen LogP contribution in [0.3, 0.4) is 0 Å². The highest BCUT2D eigenvalue weighted by Gasteiger charge is 2.28. The van der Waals surface area contributed by atoms with Crippen molar-refractivity contribution >= 4 is 58.2 Å². The quantitative estimate of drug-likeness (QED) is 0.339. The Morgan fingerprint density at radius 1 is 1.22 bits per heavy atom. The number of hydrogen-bond acceptors (Lipinski definition) is 3. The van der Waals surface area contributed by atoms with Crippen LogP contribution in [0, 0.1) is 5.92 Å². The first-order valence-corrected chi connectivity index (χ1v) is 13.3. The van der Waals surface area contributed by atoms with Gasteiger partial charge in [0.2, 0.25) is 0 Å². The summed E-state index contributed by atoms with van der Waals surface area (Å²) in [6, 6.07) is 5.52. The fraction of sp³-hybridized carbons (Fsp3) is 0.417. The van der Waals surface area contributed by atoms with Gasteiger partial charge in [-0.15, -0.1) is 23.4 Å². The van der Waals surface area contributed by atoms with Crippen LogP contribution >= 0.6 is 46.6 Å². The molecule has 0 bridgehead atoms. The number of thioether (sulfide) groups is 1. The Labute approximate surface area is 208 Å². The number of imidazole rings is 1. The minimum absolute atomic E-state index is 0.0726. The van der Waals surface area contributed by atoms with Crippen molar-refractivity contribution in [2.45, 2.75) is 55.5 Å². The summed E-state index contributed by atoms with van der Waals surface area (Å²) in [4.78, 5) is 18.1. The number of hydrogen-bond donors (Lipinski definition) is 1. The van der Waals surface area contributed by atoms with Gasteiger partial charge in [0.1, 0.15) is 10.9 Å². The lowest BCUT2D eigenvalue weighted by molar-refractivity contribution is 0.0920. The van der Waals surface area contributed by atoms with Crippen molar-refractivity contribution in [3.63, 3.8) is 0 Å². The van der Waals surface area contributed by atoms with Gasteiger partial charge in [0.05, 0.1) is 10.4 Å². The molecule has 1 aromatic carbocycles. The molecule has 1 N–H and O–H groups in total. The van der Waals surface area contributed by atoms with Crippen molar-refractivity contribution in [2.24, 2.45) is 5.92 Å². The number of nitrogens with zero attached hydrogens (tertiary/aromatic N) is 2. The van der Waals surface area contributed by atoms with Crippen LogP contribution in [0.5, 0.6) is 0 Å². The lowest BCUT2D eigenvalue weighted by atomic mass is 9.95. The highest BCUT2D eigenvalue weighted by molar-refractivity contribution is 7.98. The molecule has 8 heteroatoms. The molecule has 4 rings (SSSR count). The Morgan fingerprint density at radius 3 is 2.62 bits per heavy atom. The third-order valence-corrected chi connectivity index (χ3v) is 7.85. The van der Waals surface area contributed by atoms with Gasteiger partial charge in [-0.2, -0.15) is 0 Å². The Balaban J connectivity index is 1.83. The van der Waals surface area contributed by atoms with Crippen LogP contribution in [-0.4, -0.2) is 33.1 Å². The van der Waals surface area contributed by atoms with E-state index >= 15 is 0 Å². The van der Waals surface area contributed by atoms with Gasteiger partial charge in [-0.3, -0.25) is 9.36 Å². The predicted octanol–water partition coefficient (Wildman–Crippen LogP) is 7.30. The molecule has 1 saturated carbocycles. The summed E-state index contributed by atoms with van der Waals surface area (Å²) in [6.45, 7) is 2.07. The highest BCUT2D eigenvalue weighted by Crippen LogP contribution is 2.38. The molecule has 2 aliphatic carbocycles. The van der Waals surface area contributed by atoms with E-state index in [1.807, 2.05) is 29.0 Å². The minimum atomic E-state index is -0.144. The van der Waals surface area contributed by atoms with Crippen molar-refractivity contribution in [3.05, 3.63) is 52.2 Å². The van der Waals surface area contributed by atoms with E-state index in [2.05, 4.69) is 18.3 Å². The van der Waals surface area contributed by atoms with Crippen LogP contribution in [0.1, 0.15) is 49.5 Å². The topological polar surface area (TPSA) is 46.9 Å². The number of halogens is 3. The molecule has 0 radical (unpaired) electrons. The standard InChI is InChI=1S/C24H26Cl3N3OS/c1-14-12-17(9-11-19(14)26)30-22(18-10-8-15(25)13-20(18)27)29-21(24(30)32-2)23(31)28-16-6-4-3-5-7-16/h8-14,16,19H,3-7H2,1-2H3,(H,28,31). The summed E-state index contributed by atoms with van der Waals surface area (Å²) in [5, 5.41) is 4.94. The molecular weight excluding hydrogens is 485 g/mol. The highest BCUT2D eigenvalue weighted by atomic mass is 35.5. The van der Waals surface area contributed by atoms with Crippen LogP contribution in [0.25, 0.3) is 17.1 Å². The molecule has 4 nitrogen and oxygen atoms in total. The van der Waals surface area contributed by atoms with Crippen molar-refractivity contribution in [2.75, 3.05) is 6.26 Å². The Hall–Kier alpha value is -1.40. The summed E-state index contributed by atoms with van der Waals surface area (Å²) in [7, 11) is 0. The van der Waals surface area contributed by atoms with E-state index in [4.69, 9.17) is 39.8 Å². The number of alkyl halides is 1. The second kappa shape index (κ2) is 10.3. The summed E-state index contributed by atoms with van der Waals surface area (Å²) in [6.07, 6.45) is 13.6.